The second-order valence-corrected chi connectivity index (χ2v) is 4.11. The highest BCUT2D eigenvalue weighted by Gasteiger charge is 2.24. The highest BCUT2D eigenvalue weighted by atomic mass is 35.5. The molecule has 2 unspecified atom stereocenters. The highest BCUT2D eigenvalue weighted by Crippen LogP contribution is 2.22. The molecule has 0 saturated carbocycles. The normalized spacial score (nSPS) is 25.5. The summed E-state index contributed by atoms with van der Waals surface area (Å²) in [5.41, 5.74) is 0.887. The van der Waals surface area contributed by atoms with Gasteiger partial charge in [-0.1, -0.05) is 11.6 Å². The first-order valence-electron chi connectivity index (χ1n) is 5.03. The molecule has 0 aliphatic carbocycles. The Bertz CT molecular complexity index is 359. The van der Waals surface area contributed by atoms with Crippen LogP contribution in [0.2, 0.25) is 5.15 Å². The van der Waals surface area contributed by atoms with Crippen LogP contribution in [-0.4, -0.2) is 28.7 Å². The molecule has 1 aromatic rings. The Labute approximate surface area is 94.0 Å². The molecule has 0 amide bonds. The molecule has 1 aliphatic heterocycles. The first kappa shape index (κ1) is 10.6. The summed E-state index contributed by atoms with van der Waals surface area (Å²) in [5, 5.41) is 3.84. The number of halogens is 1. The largest absolute Gasteiger partial charge is 0.376 e. The maximum atomic E-state index is 5.91. The van der Waals surface area contributed by atoms with Crippen molar-refractivity contribution >= 4 is 17.4 Å². The minimum atomic E-state index is 0.221. The number of rotatable bonds is 2. The van der Waals surface area contributed by atoms with Crippen LogP contribution in [0, 0.1) is 6.92 Å². The molecule has 2 rings (SSSR count). The molecule has 2 atom stereocenters. The minimum Gasteiger partial charge on any atom is -0.376 e. The molecule has 82 valence electrons. The molecule has 15 heavy (non-hydrogen) atoms. The van der Waals surface area contributed by atoms with Gasteiger partial charge in [0, 0.05) is 12.2 Å². The van der Waals surface area contributed by atoms with Crippen molar-refractivity contribution in [3.05, 3.63) is 17.0 Å². The first-order valence-corrected chi connectivity index (χ1v) is 5.41. The van der Waals surface area contributed by atoms with Gasteiger partial charge in [-0.15, -0.1) is 0 Å². The van der Waals surface area contributed by atoms with Gasteiger partial charge in [-0.2, -0.15) is 0 Å². The molecule has 5 heteroatoms. The third kappa shape index (κ3) is 2.21. The molecule has 0 bridgehead atoms. The molecule has 0 spiro atoms. The van der Waals surface area contributed by atoms with Gasteiger partial charge in [0.2, 0.25) is 0 Å². The molecule has 1 fully saturated rings. The van der Waals surface area contributed by atoms with E-state index < -0.39 is 0 Å². The molecule has 4 nitrogen and oxygen atoms in total. The van der Waals surface area contributed by atoms with E-state index >= 15 is 0 Å². The molecule has 0 radical (unpaired) electrons. The minimum absolute atomic E-state index is 0.221. The van der Waals surface area contributed by atoms with E-state index in [1.807, 2.05) is 6.92 Å². The van der Waals surface area contributed by atoms with Crippen LogP contribution < -0.4 is 5.32 Å². The summed E-state index contributed by atoms with van der Waals surface area (Å²) in [6.07, 6.45) is 2.69. The van der Waals surface area contributed by atoms with Crippen LogP contribution in [0.15, 0.2) is 6.33 Å². The van der Waals surface area contributed by atoms with Gasteiger partial charge < -0.3 is 10.1 Å². The van der Waals surface area contributed by atoms with Gasteiger partial charge >= 0.3 is 0 Å². The Kier molecular flexibility index (Phi) is 3.07. The number of ether oxygens (including phenoxy) is 1. The number of anilines is 1. The third-order valence-electron chi connectivity index (χ3n) is 2.72. The third-order valence-corrected chi connectivity index (χ3v) is 3.10. The standard InChI is InChI=1S/C10H14ClN3O/c1-6-9(11)12-5-13-10(6)14-8-3-4-15-7(8)2/h5,7-8H,3-4H2,1-2H3,(H,12,13,14). The van der Waals surface area contributed by atoms with Crippen molar-refractivity contribution in [1.82, 2.24) is 9.97 Å². The molecule has 1 aromatic heterocycles. The predicted octanol–water partition coefficient (Wildman–Crippen LogP) is 2.03. The Morgan fingerprint density at radius 1 is 1.53 bits per heavy atom. The van der Waals surface area contributed by atoms with Gasteiger partial charge in [0.1, 0.15) is 17.3 Å². The Morgan fingerprint density at radius 3 is 3.00 bits per heavy atom. The van der Waals surface area contributed by atoms with Crippen molar-refractivity contribution in [3.63, 3.8) is 0 Å². The van der Waals surface area contributed by atoms with E-state index in [1.165, 1.54) is 6.33 Å². The zero-order valence-corrected chi connectivity index (χ0v) is 9.58. The average Bonchev–Trinajstić information content (AvgIpc) is 2.60. The van der Waals surface area contributed by atoms with E-state index in [2.05, 4.69) is 22.2 Å². The van der Waals surface area contributed by atoms with Crippen molar-refractivity contribution in [2.45, 2.75) is 32.4 Å². The summed E-state index contributed by atoms with van der Waals surface area (Å²) in [7, 11) is 0. The molecule has 1 N–H and O–H groups in total. The summed E-state index contributed by atoms with van der Waals surface area (Å²) in [6, 6.07) is 0.315. The second kappa shape index (κ2) is 4.33. The lowest BCUT2D eigenvalue weighted by Crippen LogP contribution is -2.27. The van der Waals surface area contributed by atoms with Crippen molar-refractivity contribution < 1.29 is 4.74 Å². The van der Waals surface area contributed by atoms with Crippen LogP contribution in [0.1, 0.15) is 18.9 Å². The van der Waals surface area contributed by atoms with E-state index in [-0.39, 0.29) is 6.10 Å². The lowest BCUT2D eigenvalue weighted by atomic mass is 10.1. The summed E-state index contributed by atoms with van der Waals surface area (Å²) in [4.78, 5) is 8.09. The quantitative estimate of drug-likeness (QED) is 0.786. The van der Waals surface area contributed by atoms with E-state index in [0.717, 1.165) is 24.4 Å². The predicted molar refractivity (Wildman–Crippen MR) is 59.2 cm³/mol. The average molecular weight is 228 g/mol. The molecule has 1 saturated heterocycles. The Balaban J connectivity index is 2.13. The topological polar surface area (TPSA) is 47.0 Å². The van der Waals surface area contributed by atoms with Gasteiger partial charge in [0.25, 0.3) is 0 Å². The maximum Gasteiger partial charge on any atom is 0.137 e. The van der Waals surface area contributed by atoms with Crippen LogP contribution in [-0.2, 0) is 4.74 Å². The summed E-state index contributed by atoms with van der Waals surface area (Å²) in [5.74, 6) is 0.803. The van der Waals surface area contributed by atoms with Crippen LogP contribution in [0.4, 0.5) is 5.82 Å². The summed E-state index contributed by atoms with van der Waals surface area (Å²) < 4.78 is 5.47. The fourth-order valence-electron chi connectivity index (χ4n) is 1.67. The zero-order valence-electron chi connectivity index (χ0n) is 8.83. The molecular weight excluding hydrogens is 214 g/mol. The first-order chi connectivity index (χ1) is 7.18. The number of aromatic nitrogens is 2. The number of hydrogen-bond donors (Lipinski definition) is 1. The summed E-state index contributed by atoms with van der Waals surface area (Å²) in [6.45, 7) is 4.77. The lowest BCUT2D eigenvalue weighted by Gasteiger charge is -2.17. The zero-order chi connectivity index (χ0) is 10.8. The van der Waals surface area contributed by atoms with Gasteiger partial charge in [0.05, 0.1) is 12.1 Å². The fraction of sp³-hybridized carbons (Fsp3) is 0.600. The Hall–Kier alpha value is -0.870. The fourth-order valence-corrected chi connectivity index (χ4v) is 1.80. The van der Waals surface area contributed by atoms with Crippen molar-refractivity contribution in [3.8, 4) is 0 Å². The molecule has 2 heterocycles. The van der Waals surface area contributed by atoms with Crippen LogP contribution >= 0.6 is 11.6 Å². The van der Waals surface area contributed by atoms with E-state index in [4.69, 9.17) is 16.3 Å². The van der Waals surface area contributed by atoms with Crippen molar-refractivity contribution in [1.29, 1.82) is 0 Å². The van der Waals surface area contributed by atoms with Crippen LogP contribution in [0.25, 0.3) is 0 Å². The molecular formula is C10H14ClN3O. The van der Waals surface area contributed by atoms with Gasteiger partial charge in [-0.05, 0) is 20.3 Å². The van der Waals surface area contributed by atoms with Gasteiger partial charge in [0.15, 0.2) is 0 Å². The van der Waals surface area contributed by atoms with Gasteiger partial charge in [-0.25, -0.2) is 9.97 Å². The monoisotopic (exact) mass is 227 g/mol. The highest BCUT2D eigenvalue weighted by molar-refractivity contribution is 6.30. The Morgan fingerprint density at radius 2 is 2.33 bits per heavy atom. The maximum absolute atomic E-state index is 5.91. The second-order valence-electron chi connectivity index (χ2n) is 3.75. The van der Waals surface area contributed by atoms with E-state index in [9.17, 15) is 0 Å². The molecule has 0 aromatic carbocycles. The SMILES string of the molecule is Cc1c(Cl)ncnc1NC1CCOC1C. The number of nitrogens with one attached hydrogen (secondary N) is 1. The number of nitrogens with zero attached hydrogens (tertiary/aromatic N) is 2. The summed E-state index contributed by atoms with van der Waals surface area (Å²) >= 11 is 5.91. The smallest absolute Gasteiger partial charge is 0.137 e. The van der Waals surface area contributed by atoms with Crippen LogP contribution in [0.5, 0.6) is 0 Å². The number of hydrogen-bond acceptors (Lipinski definition) is 4. The van der Waals surface area contributed by atoms with Crippen molar-refractivity contribution in [2.24, 2.45) is 0 Å². The van der Waals surface area contributed by atoms with Crippen molar-refractivity contribution in [2.75, 3.05) is 11.9 Å². The van der Waals surface area contributed by atoms with Crippen LogP contribution in [0.3, 0.4) is 0 Å². The lowest BCUT2D eigenvalue weighted by molar-refractivity contribution is 0.121. The molecule has 1 aliphatic rings. The van der Waals surface area contributed by atoms with E-state index in [1.54, 1.807) is 0 Å². The van der Waals surface area contributed by atoms with Gasteiger partial charge in [-0.3, -0.25) is 0 Å². The van der Waals surface area contributed by atoms with E-state index in [0.29, 0.717) is 11.2 Å².